The van der Waals surface area contributed by atoms with E-state index in [0.29, 0.717) is 0 Å². The summed E-state index contributed by atoms with van der Waals surface area (Å²) in [6, 6.07) is 10.5. The van der Waals surface area contributed by atoms with Gasteiger partial charge in [0.2, 0.25) is 0 Å². The predicted octanol–water partition coefficient (Wildman–Crippen LogP) is 3.63. The van der Waals surface area contributed by atoms with Gasteiger partial charge in [-0.1, -0.05) is 47.5 Å². The Labute approximate surface area is 152 Å². The minimum Gasteiger partial charge on any atom is -0.455 e. The number of benzene rings is 2. The van der Waals surface area contributed by atoms with Gasteiger partial charge in [0.05, 0.1) is 27.1 Å². The van der Waals surface area contributed by atoms with Crippen LogP contribution in [0.4, 0.5) is 11.4 Å². The lowest BCUT2D eigenvalue weighted by Crippen LogP contribution is -2.22. The number of halogens is 2. The molecular weight excluding hydrogens is 371 g/mol. The maximum absolute atomic E-state index is 11.8. The Balaban J connectivity index is 1.91. The molecule has 0 radical (unpaired) electrons. The lowest BCUT2D eigenvalue weighted by atomic mass is 10.1. The van der Waals surface area contributed by atoms with E-state index in [9.17, 15) is 19.7 Å². The van der Waals surface area contributed by atoms with Crippen LogP contribution in [0.5, 0.6) is 0 Å². The molecule has 9 heteroatoms. The average Bonchev–Trinajstić information content (AvgIpc) is 2.57. The Bertz CT molecular complexity index is 826. The molecule has 0 fully saturated rings. The zero-order valence-electron chi connectivity index (χ0n) is 12.7. The van der Waals surface area contributed by atoms with Gasteiger partial charge in [0.25, 0.3) is 11.6 Å². The van der Waals surface area contributed by atoms with Crippen LogP contribution in [-0.4, -0.2) is 23.4 Å². The summed E-state index contributed by atoms with van der Waals surface area (Å²) < 4.78 is 4.84. The first kappa shape index (κ1) is 18.7. The number of nitrogens with one attached hydrogen (secondary N) is 1. The molecule has 0 unspecified atom stereocenters. The zero-order chi connectivity index (χ0) is 18.4. The molecule has 0 bridgehead atoms. The highest BCUT2D eigenvalue weighted by molar-refractivity contribution is 6.44. The number of hydrogen-bond donors (Lipinski definition) is 1. The van der Waals surface area contributed by atoms with Crippen molar-refractivity contribution >= 4 is 46.5 Å². The fourth-order valence-electron chi connectivity index (χ4n) is 1.98. The van der Waals surface area contributed by atoms with Crippen LogP contribution in [0.3, 0.4) is 0 Å². The van der Waals surface area contributed by atoms with Gasteiger partial charge in [-0.3, -0.25) is 19.7 Å². The van der Waals surface area contributed by atoms with Gasteiger partial charge in [-0.05, 0) is 12.1 Å². The summed E-state index contributed by atoms with van der Waals surface area (Å²) in [5, 5.41) is 13.8. The number of nitro groups is 1. The average molecular weight is 383 g/mol. The van der Waals surface area contributed by atoms with E-state index < -0.39 is 23.4 Å². The third-order valence-corrected chi connectivity index (χ3v) is 3.93. The van der Waals surface area contributed by atoms with Gasteiger partial charge in [-0.25, -0.2) is 0 Å². The van der Waals surface area contributed by atoms with E-state index in [4.69, 9.17) is 27.9 Å². The summed E-state index contributed by atoms with van der Waals surface area (Å²) in [4.78, 5) is 33.9. The van der Waals surface area contributed by atoms with E-state index in [1.165, 1.54) is 18.2 Å². The molecule has 25 heavy (non-hydrogen) atoms. The van der Waals surface area contributed by atoms with Crippen molar-refractivity contribution in [1.29, 1.82) is 0 Å². The zero-order valence-corrected chi connectivity index (χ0v) is 14.2. The summed E-state index contributed by atoms with van der Waals surface area (Å²) in [5.74, 6) is -1.37. The number of hydrogen-bond acceptors (Lipinski definition) is 5. The van der Waals surface area contributed by atoms with Crippen LogP contribution in [0.2, 0.25) is 10.0 Å². The molecule has 0 aliphatic heterocycles. The van der Waals surface area contributed by atoms with Crippen LogP contribution in [0.15, 0.2) is 42.5 Å². The number of anilines is 1. The van der Waals surface area contributed by atoms with Gasteiger partial charge < -0.3 is 10.1 Å². The molecule has 1 N–H and O–H groups in total. The molecule has 2 aromatic rings. The highest BCUT2D eigenvalue weighted by Gasteiger charge is 2.17. The van der Waals surface area contributed by atoms with Gasteiger partial charge in [-0.15, -0.1) is 0 Å². The number of carbonyl (C=O) groups excluding carboxylic acids is 2. The Hall–Kier alpha value is -2.64. The fourth-order valence-corrected chi connectivity index (χ4v) is 2.33. The third kappa shape index (κ3) is 5.17. The summed E-state index contributed by atoms with van der Waals surface area (Å²) in [6.45, 7) is -0.553. The quantitative estimate of drug-likeness (QED) is 0.467. The molecule has 1 amide bonds. The molecule has 7 nitrogen and oxygen atoms in total. The monoisotopic (exact) mass is 382 g/mol. The number of amides is 1. The number of para-hydroxylation sites is 1. The number of nitrogens with zero attached hydrogens (tertiary/aromatic N) is 1. The summed E-state index contributed by atoms with van der Waals surface area (Å²) in [5.41, 5.74) is 0.305. The maximum atomic E-state index is 11.8. The van der Waals surface area contributed by atoms with Gasteiger partial charge in [0.15, 0.2) is 6.61 Å². The standard InChI is InChI=1S/C16H12Cl2N2O5/c17-11-5-3-6-12(16(11)18)19-14(21)9-25-15(22)8-10-4-1-2-7-13(10)20(23)24/h1-7H,8-9H2,(H,19,21). The second-order valence-electron chi connectivity index (χ2n) is 4.87. The molecule has 0 aliphatic carbocycles. The molecule has 0 atom stereocenters. The van der Waals surface area contributed by atoms with E-state index in [2.05, 4.69) is 5.32 Å². The van der Waals surface area contributed by atoms with Crippen molar-refractivity contribution in [3.8, 4) is 0 Å². The molecule has 2 aromatic carbocycles. The van der Waals surface area contributed by atoms with E-state index in [0.717, 1.165) is 0 Å². The number of esters is 1. The van der Waals surface area contributed by atoms with Crippen molar-refractivity contribution in [3.05, 3.63) is 68.2 Å². The van der Waals surface area contributed by atoms with Crippen molar-refractivity contribution < 1.29 is 19.2 Å². The van der Waals surface area contributed by atoms with Crippen LogP contribution in [0, 0.1) is 10.1 Å². The van der Waals surface area contributed by atoms with Crippen LogP contribution >= 0.6 is 23.2 Å². The number of ether oxygens (including phenoxy) is 1. The molecule has 2 rings (SSSR count). The SMILES string of the molecule is O=C(COC(=O)Cc1ccccc1[N+](=O)[O-])Nc1cccc(Cl)c1Cl. The second kappa shape index (κ2) is 8.46. The van der Waals surface area contributed by atoms with E-state index in [1.54, 1.807) is 24.3 Å². The van der Waals surface area contributed by atoms with E-state index in [1.807, 2.05) is 0 Å². The lowest BCUT2D eigenvalue weighted by molar-refractivity contribution is -0.385. The van der Waals surface area contributed by atoms with Gasteiger partial charge in [0, 0.05) is 11.6 Å². The van der Waals surface area contributed by atoms with Crippen molar-refractivity contribution in [3.63, 3.8) is 0 Å². The summed E-state index contributed by atoms with van der Waals surface area (Å²) in [7, 11) is 0. The van der Waals surface area contributed by atoms with Crippen LogP contribution < -0.4 is 5.32 Å². The molecule has 0 aliphatic rings. The molecule has 0 saturated carbocycles. The Morgan fingerprint density at radius 2 is 1.84 bits per heavy atom. The lowest BCUT2D eigenvalue weighted by Gasteiger charge is -2.09. The third-order valence-electron chi connectivity index (χ3n) is 3.11. The molecule has 130 valence electrons. The fraction of sp³-hybridized carbons (Fsp3) is 0.125. The molecule has 0 saturated heterocycles. The number of nitro benzene ring substituents is 1. The predicted molar refractivity (Wildman–Crippen MR) is 92.9 cm³/mol. The first-order chi connectivity index (χ1) is 11.9. The largest absolute Gasteiger partial charge is 0.455 e. The first-order valence-corrected chi connectivity index (χ1v) is 7.76. The van der Waals surface area contributed by atoms with Crippen LogP contribution in [-0.2, 0) is 20.7 Å². The Morgan fingerprint density at radius 3 is 2.56 bits per heavy atom. The normalized spacial score (nSPS) is 10.2. The summed E-state index contributed by atoms with van der Waals surface area (Å²) in [6.07, 6.45) is -0.317. The van der Waals surface area contributed by atoms with Crippen molar-refractivity contribution in [2.45, 2.75) is 6.42 Å². The van der Waals surface area contributed by atoms with Gasteiger partial charge in [0.1, 0.15) is 0 Å². The Kier molecular flexibility index (Phi) is 6.32. The Morgan fingerprint density at radius 1 is 1.12 bits per heavy atom. The smallest absolute Gasteiger partial charge is 0.311 e. The van der Waals surface area contributed by atoms with Gasteiger partial charge >= 0.3 is 5.97 Å². The maximum Gasteiger partial charge on any atom is 0.311 e. The van der Waals surface area contributed by atoms with Crippen molar-refractivity contribution in [2.75, 3.05) is 11.9 Å². The highest BCUT2D eigenvalue weighted by atomic mass is 35.5. The van der Waals surface area contributed by atoms with Crippen molar-refractivity contribution in [1.82, 2.24) is 0 Å². The topological polar surface area (TPSA) is 98.5 Å². The minimum absolute atomic E-state index is 0.170. The van der Waals surface area contributed by atoms with Crippen molar-refractivity contribution in [2.24, 2.45) is 0 Å². The van der Waals surface area contributed by atoms with E-state index in [-0.39, 0.29) is 33.4 Å². The first-order valence-electron chi connectivity index (χ1n) is 7.00. The summed E-state index contributed by atoms with van der Waals surface area (Å²) >= 11 is 11.8. The second-order valence-corrected chi connectivity index (χ2v) is 5.66. The van der Waals surface area contributed by atoms with E-state index >= 15 is 0 Å². The highest BCUT2D eigenvalue weighted by Crippen LogP contribution is 2.29. The number of carbonyl (C=O) groups is 2. The molecule has 0 spiro atoms. The molecule has 0 aromatic heterocycles. The number of rotatable bonds is 6. The van der Waals surface area contributed by atoms with Gasteiger partial charge in [-0.2, -0.15) is 0 Å². The minimum atomic E-state index is -0.762. The van der Waals surface area contributed by atoms with Crippen LogP contribution in [0.1, 0.15) is 5.56 Å². The molecular formula is C16H12Cl2N2O5. The molecule has 0 heterocycles. The van der Waals surface area contributed by atoms with Crippen LogP contribution in [0.25, 0.3) is 0 Å².